The van der Waals surface area contributed by atoms with Crippen molar-refractivity contribution in [3.63, 3.8) is 0 Å². The minimum atomic E-state index is -0.647. The fourth-order valence-electron chi connectivity index (χ4n) is 3.75. The monoisotopic (exact) mass is 437 g/mol. The van der Waals surface area contributed by atoms with Crippen molar-refractivity contribution in [2.45, 2.75) is 43.9 Å². The molecule has 5 nitrogen and oxygen atoms in total. The quantitative estimate of drug-likeness (QED) is 0.742. The van der Waals surface area contributed by atoms with E-state index in [0.717, 1.165) is 63.4 Å². The molecule has 2 aliphatic rings. The van der Waals surface area contributed by atoms with Crippen LogP contribution in [0.3, 0.4) is 0 Å². The number of piperidine rings is 2. The van der Waals surface area contributed by atoms with Crippen molar-refractivity contribution in [2.75, 3.05) is 33.3 Å². The van der Waals surface area contributed by atoms with E-state index in [1.165, 1.54) is 5.56 Å². The van der Waals surface area contributed by atoms with Crippen LogP contribution in [0.4, 0.5) is 0 Å². The number of carbonyl (C=O) groups excluding carboxylic acids is 1. The second-order valence-corrected chi connectivity index (χ2v) is 7.54. The van der Waals surface area contributed by atoms with Crippen molar-refractivity contribution in [1.82, 2.24) is 15.5 Å². The molecule has 2 N–H and O–H groups in total. The highest BCUT2D eigenvalue weighted by molar-refractivity contribution is 6.30. The smallest absolute Gasteiger partial charge is 0.252 e. The van der Waals surface area contributed by atoms with Gasteiger partial charge in [-0.25, -0.2) is 0 Å². The molecule has 2 aliphatic heterocycles. The third-order valence-electron chi connectivity index (χ3n) is 5.46. The number of likely N-dealkylation sites (tertiary alicyclic amines) is 1. The Kier molecular flexibility index (Phi) is 10.4. The Balaban J connectivity index is 0.00000182. The number of rotatable bonds is 5. The van der Waals surface area contributed by atoms with Crippen molar-refractivity contribution < 1.29 is 9.53 Å². The van der Waals surface area contributed by atoms with Crippen molar-refractivity contribution in [2.24, 2.45) is 0 Å². The van der Waals surface area contributed by atoms with E-state index >= 15 is 0 Å². The zero-order valence-corrected chi connectivity index (χ0v) is 18.1. The summed E-state index contributed by atoms with van der Waals surface area (Å²) in [6.45, 7) is 4.59. The second kappa shape index (κ2) is 11.4. The summed E-state index contributed by atoms with van der Waals surface area (Å²) in [4.78, 5) is 15.2. The van der Waals surface area contributed by atoms with Crippen LogP contribution >= 0.6 is 36.4 Å². The van der Waals surface area contributed by atoms with E-state index in [0.29, 0.717) is 0 Å². The summed E-state index contributed by atoms with van der Waals surface area (Å²) in [7, 11) is 1.65. The molecule has 27 heavy (non-hydrogen) atoms. The summed E-state index contributed by atoms with van der Waals surface area (Å²) in [6, 6.07) is 8.28. The van der Waals surface area contributed by atoms with Crippen LogP contribution in [0.25, 0.3) is 0 Å². The highest BCUT2D eigenvalue weighted by Gasteiger charge is 2.40. The number of halogens is 3. The lowest BCUT2D eigenvalue weighted by molar-refractivity contribution is -0.147. The second-order valence-electron chi connectivity index (χ2n) is 7.10. The summed E-state index contributed by atoms with van der Waals surface area (Å²) in [6.07, 6.45) is 3.45. The first-order valence-corrected chi connectivity index (χ1v) is 9.53. The first-order chi connectivity index (χ1) is 12.1. The van der Waals surface area contributed by atoms with Gasteiger partial charge in [-0.2, -0.15) is 0 Å². The molecule has 0 saturated carbocycles. The molecule has 0 unspecified atom stereocenters. The maximum absolute atomic E-state index is 12.7. The highest BCUT2D eigenvalue weighted by Crippen LogP contribution is 2.24. The zero-order valence-electron chi connectivity index (χ0n) is 15.7. The molecule has 1 aromatic rings. The average molecular weight is 439 g/mol. The molecule has 2 fully saturated rings. The molecular weight excluding hydrogens is 409 g/mol. The van der Waals surface area contributed by atoms with E-state index in [9.17, 15) is 4.79 Å². The van der Waals surface area contributed by atoms with E-state index < -0.39 is 5.60 Å². The van der Waals surface area contributed by atoms with Gasteiger partial charge in [0.05, 0.1) is 0 Å². The molecule has 0 spiro atoms. The number of nitrogens with one attached hydrogen (secondary N) is 2. The number of hydrogen-bond donors (Lipinski definition) is 2. The zero-order chi connectivity index (χ0) is 17.7. The maximum atomic E-state index is 12.7. The maximum Gasteiger partial charge on any atom is 0.252 e. The molecule has 0 radical (unpaired) electrons. The van der Waals surface area contributed by atoms with Gasteiger partial charge in [-0.05, 0) is 56.5 Å². The summed E-state index contributed by atoms with van der Waals surface area (Å²) >= 11 is 5.94. The van der Waals surface area contributed by atoms with Gasteiger partial charge < -0.3 is 15.4 Å². The van der Waals surface area contributed by atoms with Crippen LogP contribution in [0.15, 0.2) is 24.3 Å². The Hall–Kier alpha value is -0.560. The number of benzene rings is 1. The predicted molar refractivity (Wildman–Crippen MR) is 114 cm³/mol. The van der Waals surface area contributed by atoms with Crippen molar-refractivity contribution in [3.05, 3.63) is 34.9 Å². The van der Waals surface area contributed by atoms with Gasteiger partial charge in [-0.3, -0.25) is 9.69 Å². The number of ether oxygens (including phenoxy) is 1. The Labute approximate surface area is 179 Å². The summed E-state index contributed by atoms with van der Waals surface area (Å²) in [5.74, 6) is 0.0626. The van der Waals surface area contributed by atoms with Gasteiger partial charge in [-0.15, -0.1) is 24.8 Å². The fourth-order valence-corrected chi connectivity index (χ4v) is 3.88. The van der Waals surface area contributed by atoms with Crippen molar-refractivity contribution in [1.29, 1.82) is 0 Å². The number of methoxy groups -OCH3 is 1. The van der Waals surface area contributed by atoms with Crippen LogP contribution in [-0.4, -0.2) is 55.7 Å². The number of hydrogen-bond acceptors (Lipinski definition) is 4. The molecular formula is C19H30Cl3N3O2. The fraction of sp³-hybridized carbons (Fsp3) is 0.632. The molecule has 8 heteroatoms. The first-order valence-electron chi connectivity index (χ1n) is 9.15. The van der Waals surface area contributed by atoms with Gasteiger partial charge in [0.25, 0.3) is 5.91 Å². The lowest BCUT2D eigenvalue weighted by Crippen LogP contribution is -2.57. The molecule has 2 saturated heterocycles. The Morgan fingerprint density at radius 1 is 1.22 bits per heavy atom. The predicted octanol–water partition coefficient (Wildman–Crippen LogP) is 3.03. The van der Waals surface area contributed by atoms with Crippen LogP contribution < -0.4 is 10.6 Å². The lowest BCUT2D eigenvalue weighted by atomic mass is 9.90. The van der Waals surface area contributed by atoms with Crippen molar-refractivity contribution >= 4 is 42.3 Å². The lowest BCUT2D eigenvalue weighted by Gasteiger charge is -2.38. The molecule has 3 rings (SSSR count). The largest absolute Gasteiger partial charge is 0.368 e. The van der Waals surface area contributed by atoms with Crippen LogP contribution in [0.5, 0.6) is 0 Å². The van der Waals surface area contributed by atoms with E-state index in [1.807, 2.05) is 12.1 Å². The third-order valence-corrected chi connectivity index (χ3v) is 5.71. The molecule has 1 aromatic carbocycles. The van der Waals surface area contributed by atoms with Crippen LogP contribution in [0.2, 0.25) is 5.02 Å². The van der Waals surface area contributed by atoms with Gasteiger partial charge in [-0.1, -0.05) is 23.7 Å². The van der Waals surface area contributed by atoms with Crippen molar-refractivity contribution in [3.8, 4) is 0 Å². The SMILES string of the molecule is COC1(C(=O)NC2CCN(Cc3ccc(Cl)cc3)CC2)CCNCC1.Cl.Cl. The molecule has 0 atom stereocenters. The Bertz CT molecular complexity index is 572. The Morgan fingerprint density at radius 2 is 1.81 bits per heavy atom. The van der Waals surface area contributed by atoms with Gasteiger partial charge >= 0.3 is 0 Å². The molecule has 0 aromatic heterocycles. The van der Waals surface area contributed by atoms with Gasteiger partial charge in [0.1, 0.15) is 5.60 Å². The number of amides is 1. The number of carbonyl (C=O) groups is 1. The standard InChI is InChI=1S/C19H28ClN3O2.2ClH/c1-25-19(8-10-21-11-9-19)18(24)22-17-6-12-23(13-7-17)14-15-2-4-16(20)5-3-15;;/h2-5,17,21H,6-14H2,1H3,(H,22,24);2*1H. The van der Waals surface area contributed by atoms with E-state index in [-0.39, 0.29) is 36.8 Å². The summed E-state index contributed by atoms with van der Waals surface area (Å²) < 4.78 is 5.62. The first kappa shape index (κ1) is 24.5. The van der Waals surface area contributed by atoms with Gasteiger partial charge in [0.2, 0.25) is 0 Å². The molecule has 0 aliphatic carbocycles. The minimum absolute atomic E-state index is 0. The van der Waals surface area contributed by atoms with Gasteiger partial charge in [0.15, 0.2) is 0 Å². The minimum Gasteiger partial charge on any atom is -0.368 e. The molecule has 2 heterocycles. The van der Waals surface area contributed by atoms with E-state index in [4.69, 9.17) is 16.3 Å². The number of nitrogens with zero attached hydrogens (tertiary/aromatic N) is 1. The van der Waals surface area contributed by atoms with Crippen LogP contribution in [-0.2, 0) is 16.1 Å². The topological polar surface area (TPSA) is 53.6 Å². The molecule has 1 amide bonds. The average Bonchev–Trinajstić information content (AvgIpc) is 2.65. The summed E-state index contributed by atoms with van der Waals surface area (Å²) in [5.41, 5.74) is 0.631. The Morgan fingerprint density at radius 3 is 2.37 bits per heavy atom. The summed E-state index contributed by atoms with van der Waals surface area (Å²) in [5, 5.41) is 7.30. The normalized spacial score (nSPS) is 20.2. The van der Waals surface area contributed by atoms with Crippen LogP contribution in [0, 0.1) is 0 Å². The third kappa shape index (κ3) is 6.48. The molecule has 0 bridgehead atoms. The molecule has 154 valence electrons. The highest BCUT2D eigenvalue weighted by atomic mass is 35.5. The van der Waals surface area contributed by atoms with E-state index in [1.54, 1.807) is 7.11 Å². The van der Waals surface area contributed by atoms with Crippen LogP contribution in [0.1, 0.15) is 31.2 Å². The van der Waals surface area contributed by atoms with Gasteiger partial charge in [0, 0.05) is 37.8 Å². The van der Waals surface area contributed by atoms with E-state index in [2.05, 4.69) is 27.7 Å².